The maximum atomic E-state index is 12.1. The first-order valence-electron chi connectivity index (χ1n) is 8.61. The molecule has 0 fully saturated rings. The number of carbonyl (C=O) groups excluding carboxylic acids is 1. The first kappa shape index (κ1) is 17.9. The van der Waals surface area contributed by atoms with Crippen molar-refractivity contribution in [2.24, 2.45) is 0 Å². The van der Waals surface area contributed by atoms with Crippen LogP contribution in [0.1, 0.15) is 6.42 Å². The van der Waals surface area contributed by atoms with Gasteiger partial charge in [-0.1, -0.05) is 18.2 Å². The second-order valence-electron chi connectivity index (χ2n) is 5.86. The third-order valence-electron chi connectivity index (χ3n) is 3.93. The molecule has 3 aromatic rings. The fourth-order valence-corrected chi connectivity index (χ4v) is 4.24. The summed E-state index contributed by atoms with van der Waals surface area (Å²) >= 11 is 3.09. The number of ether oxygens (including phenoxy) is 2. The zero-order chi connectivity index (χ0) is 18.5. The van der Waals surface area contributed by atoms with Crippen LogP contribution in [0.4, 0.5) is 5.13 Å². The lowest BCUT2D eigenvalue weighted by Crippen LogP contribution is -2.15. The molecular weight excluding hydrogens is 380 g/mol. The maximum Gasteiger partial charge on any atom is 0.226 e. The van der Waals surface area contributed by atoms with E-state index in [4.69, 9.17) is 9.47 Å². The Morgan fingerprint density at radius 2 is 1.93 bits per heavy atom. The number of hydrogen-bond donors (Lipinski definition) is 1. The molecule has 138 valence electrons. The number of benzene rings is 2. The molecule has 0 spiro atoms. The fourth-order valence-electron chi connectivity index (χ4n) is 2.63. The van der Waals surface area contributed by atoms with Crippen LogP contribution in [0.15, 0.2) is 58.8 Å². The van der Waals surface area contributed by atoms with Gasteiger partial charge in [0.05, 0.1) is 5.69 Å². The average molecular weight is 399 g/mol. The van der Waals surface area contributed by atoms with Crippen LogP contribution in [0.5, 0.6) is 11.5 Å². The molecule has 7 heteroatoms. The van der Waals surface area contributed by atoms with Crippen molar-refractivity contribution in [3.8, 4) is 22.8 Å². The van der Waals surface area contributed by atoms with Gasteiger partial charge in [0.15, 0.2) is 16.6 Å². The van der Waals surface area contributed by atoms with Crippen molar-refractivity contribution < 1.29 is 14.3 Å². The Morgan fingerprint density at radius 3 is 2.78 bits per heavy atom. The summed E-state index contributed by atoms with van der Waals surface area (Å²) in [5.74, 6) is 2.19. The minimum Gasteiger partial charge on any atom is -0.486 e. The lowest BCUT2D eigenvalue weighted by Gasteiger charge is -2.18. The molecule has 0 bridgehead atoms. The first-order chi connectivity index (χ1) is 13.3. The molecule has 2 aromatic carbocycles. The highest BCUT2D eigenvalue weighted by atomic mass is 32.2. The molecule has 1 aromatic heterocycles. The van der Waals surface area contributed by atoms with Gasteiger partial charge in [-0.25, -0.2) is 4.98 Å². The van der Waals surface area contributed by atoms with Crippen molar-refractivity contribution in [2.45, 2.75) is 11.3 Å². The summed E-state index contributed by atoms with van der Waals surface area (Å²) < 4.78 is 11.2. The second-order valence-corrected chi connectivity index (χ2v) is 7.88. The Morgan fingerprint density at radius 1 is 1.11 bits per heavy atom. The van der Waals surface area contributed by atoms with E-state index in [0.717, 1.165) is 28.5 Å². The van der Waals surface area contributed by atoms with Gasteiger partial charge in [0.2, 0.25) is 5.91 Å². The molecule has 4 rings (SSSR count). The number of anilines is 1. The van der Waals surface area contributed by atoms with Gasteiger partial charge in [-0.2, -0.15) is 0 Å². The molecule has 1 amide bonds. The summed E-state index contributed by atoms with van der Waals surface area (Å²) in [6.07, 6.45) is 0.443. The maximum absolute atomic E-state index is 12.1. The van der Waals surface area contributed by atoms with Crippen LogP contribution in [0, 0.1) is 0 Å². The standard InChI is InChI=1S/C20H18N2O3S2/c23-19(8-11-26-15-4-2-1-3-5-15)22-20-21-16(13-27-20)14-6-7-17-18(12-14)25-10-9-24-17/h1-7,12-13H,8-11H2,(H,21,22,23). The number of hydrogen-bond acceptors (Lipinski definition) is 6. The van der Waals surface area contributed by atoms with Crippen molar-refractivity contribution in [3.05, 3.63) is 53.9 Å². The SMILES string of the molecule is O=C(CCSc1ccccc1)Nc1nc(-c2ccc3c(c2)OCCO3)cs1. The van der Waals surface area contributed by atoms with Crippen LogP contribution in [0.25, 0.3) is 11.3 Å². The predicted octanol–water partition coefficient (Wildman–Crippen LogP) is 4.70. The summed E-state index contributed by atoms with van der Waals surface area (Å²) in [5, 5.41) is 5.42. The number of rotatable bonds is 6. The zero-order valence-electron chi connectivity index (χ0n) is 14.5. The molecular formula is C20H18N2O3S2. The Kier molecular flexibility index (Phi) is 5.60. The number of thioether (sulfide) groups is 1. The molecule has 0 saturated carbocycles. The predicted molar refractivity (Wildman–Crippen MR) is 109 cm³/mol. The number of nitrogens with zero attached hydrogens (tertiary/aromatic N) is 1. The third kappa shape index (κ3) is 4.61. The largest absolute Gasteiger partial charge is 0.486 e. The summed E-state index contributed by atoms with van der Waals surface area (Å²) in [4.78, 5) is 17.8. The molecule has 1 N–H and O–H groups in total. The van der Waals surface area contributed by atoms with Gasteiger partial charge in [0.1, 0.15) is 13.2 Å². The number of amides is 1. The molecule has 0 saturated heterocycles. The van der Waals surface area contributed by atoms with Crippen molar-refractivity contribution in [2.75, 3.05) is 24.3 Å². The van der Waals surface area contributed by atoms with E-state index >= 15 is 0 Å². The van der Waals surface area contributed by atoms with Crippen LogP contribution in [0.2, 0.25) is 0 Å². The van der Waals surface area contributed by atoms with Gasteiger partial charge in [0.25, 0.3) is 0 Å². The number of aromatic nitrogens is 1. The van der Waals surface area contributed by atoms with Crippen LogP contribution < -0.4 is 14.8 Å². The summed E-state index contributed by atoms with van der Waals surface area (Å²) in [6.45, 7) is 1.12. The molecule has 5 nitrogen and oxygen atoms in total. The molecule has 0 unspecified atom stereocenters. The quantitative estimate of drug-likeness (QED) is 0.610. The zero-order valence-corrected chi connectivity index (χ0v) is 16.1. The molecule has 0 atom stereocenters. The van der Waals surface area contributed by atoms with E-state index in [1.807, 2.05) is 53.9 Å². The van der Waals surface area contributed by atoms with E-state index in [-0.39, 0.29) is 5.91 Å². The van der Waals surface area contributed by atoms with Gasteiger partial charge in [-0.3, -0.25) is 4.79 Å². The number of fused-ring (bicyclic) bond motifs is 1. The van der Waals surface area contributed by atoms with Crippen LogP contribution in [-0.4, -0.2) is 29.9 Å². The van der Waals surface area contributed by atoms with Gasteiger partial charge in [0, 0.05) is 28.0 Å². The Balaban J connectivity index is 1.33. The Bertz CT molecular complexity index is 928. The monoisotopic (exact) mass is 398 g/mol. The third-order valence-corrected chi connectivity index (χ3v) is 5.70. The summed E-state index contributed by atoms with van der Waals surface area (Å²) in [6, 6.07) is 15.8. The highest BCUT2D eigenvalue weighted by molar-refractivity contribution is 7.99. The topological polar surface area (TPSA) is 60.5 Å². The smallest absolute Gasteiger partial charge is 0.226 e. The van der Waals surface area contributed by atoms with Crippen molar-refractivity contribution in [1.82, 2.24) is 4.98 Å². The van der Waals surface area contributed by atoms with Crippen molar-refractivity contribution in [1.29, 1.82) is 0 Å². The number of thiazole rings is 1. The average Bonchev–Trinajstić information content (AvgIpc) is 3.17. The lowest BCUT2D eigenvalue weighted by molar-refractivity contribution is -0.115. The van der Waals surface area contributed by atoms with Gasteiger partial charge in [-0.05, 0) is 30.3 Å². The highest BCUT2D eigenvalue weighted by Gasteiger charge is 2.14. The molecule has 27 heavy (non-hydrogen) atoms. The summed E-state index contributed by atoms with van der Waals surface area (Å²) in [7, 11) is 0. The highest BCUT2D eigenvalue weighted by Crippen LogP contribution is 2.35. The minimum atomic E-state index is -0.0264. The fraction of sp³-hybridized carbons (Fsp3) is 0.200. The lowest BCUT2D eigenvalue weighted by atomic mass is 10.1. The molecule has 2 heterocycles. The van der Waals surface area contributed by atoms with E-state index in [0.29, 0.717) is 24.8 Å². The Labute approximate surface area is 165 Å². The van der Waals surface area contributed by atoms with E-state index in [1.54, 1.807) is 11.8 Å². The van der Waals surface area contributed by atoms with E-state index in [1.165, 1.54) is 16.2 Å². The second kappa shape index (κ2) is 8.45. The van der Waals surface area contributed by atoms with Crippen molar-refractivity contribution in [3.63, 3.8) is 0 Å². The van der Waals surface area contributed by atoms with Crippen LogP contribution >= 0.6 is 23.1 Å². The molecule has 1 aliphatic rings. The van der Waals surface area contributed by atoms with Crippen LogP contribution in [-0.2, 0) is 4.79 Å². The molecule has 0 aliphatic carbocycles. The minimum absolute atomic E-state index is 0.0264. The normalized spacial score (nSPS) is 12.6. The van der Waals surface area contributed by atoms with Crippen molar-refractivity contribution >= 4 is 34.1 Å². The van der Waals surface area contributed by atoms with Gasteiger partial charge < -0.3 is 14.8 Å². The molecule has 1 aliphatic heterocycles. The van der Waals surface area contributed by atoms with E-state index in [2.05, 4.69) is 10.3 Å². The van der Waals surface area contributed by atoms with E-state index < -0.39 is 0 Å². The van der Waals surface area contributed by atoms with Gasteiger partial charge in [-0.15, -0.1) is 23.1 Å². The van der Waals surface area contributed by atoms with Crippen LogP contribution in [0.3, 0.4) is 0 Å². The summed E-state index contributed by atoms with van der Waals surface area (Å²) in [5.41, 5.74) is 1.75. The number of carbonyl (C=O) groups is 1. The molecule has 0 radical (unpaired) electrons. The van der Waals surface area contributed by atoms with E-state index in [9.17, 15) is 4.79 Å². The Hall–Kier alpha value is -2.51. The van der Waals surface area contributed by atoms with Gasteiger partial charge >= 0.3 is 0 Å². The first-order valence-corrected chi connectivity index (χ1v) is 10.5. The number of nitrogens with one attached hydrogen (secondary N) is 1.